The lowest BCUT2D eigenvalue weighted by atomic mass is 10.2. The Balaban J connectivity index is 2.04. The predicted molar refractivity (Wildman–Crippen MR) is 81.2 cm³/mol. The number of aliphatic hydroxyl groups excluding tert-OH is 1. The van der Waals surface area contributed by atoms with Crippen LogP contribution in [0.4, 0.5) is 10.6 Å². The second-order valence-corrected chi connectivity index (χ2v) is 4.81. The summed E-state index contributed by atoms with van der Waals surface area (Å²) in [6, 6.07) is 2.72. The van der Waals surface area contributed by atoms with E-state index >= 15 is 0 Å². The average molecular weight is 314 g/mol. The van der Waals surface area contributed by atoms with Crippen LogP contribution in [0, 0.1) is 11.8 Å². The summed E-state index contributed by atoms with van der Waals surface area (Å²) in [4.78, 5) is 30.3. The molecule has 1 fully saturated rings. The Morgan fingerprint density at radius 3 is 3.00 bits per heavy atom. The van der Waals surface area contributed by atoms with Crippen molar-refractivity contribution in [3.8, 4) is 11.8 Å². The number of furan rings is 1. The average Bonchev–Trinajstić information content (AvgIpc) is 2.96. The van der Waals surface area contributed by atoms with E-state index in [4.69, 9.17) is 10.2 Å². The lowest BCUT2D eigenvalue weighted by Gasteiger charge is -2.32. The first-order chi connectivity index (χ1) is 11.2. The second kappa shape index (κ2) is 6.08. The highest BCUT2D eigenvalue weighted by Crippen LogP contribution is 2.29. The van der Waals surface area contributed by atoms with Crippen LogP contribution in [-0.2, 0) is 4.79 Å². The summed E-state index contributed by atoms with van der Waals surface area (Å²) in [6.07, 6.45) is 1.62. The van der Waals surface area contributed by atoms with E-state index in [0.29, 0.717) is 22.5 Å². The minimum Gasteiger partial charge on any atom is -0.448 e. The molecule has 1 saturated heterocycles. The molecular formula is C15H14N4O4. The normalized spacial score (nSPS) is 15.0. The van der Waals surface area contributed by atoms with Gasteiger partial charge in [-0.15, -0.1) is 0 Å². The molecule has 0 atom stereocenters. The molecule has 1 aliphatic rings. The molecule has 118 valence electrons. The van der Waals surface area contributed by atoms with E-state index in [2.05, 4.69) is 16.8 Å². The first-order valence-corrected chi connectivity index (χ1v) is 6.96. The molecule has 0 aromatic carbocycles. The lowest BCUT2D eigenvalue weighted by molar-refractivity contribution is -0.131. The van der Waals surface area contributed by atoms with Gasteiger partial charge in [-0.2, -0.15) is 0 Å². The van der Waals surface area contributed by atoms with Gasteiger partial charge in [-0.05, 0) is 12.0 Å². The number of carbonyl (C=O) groups excluding carboxylic acids is 2. The zero-order chi connectivity index (χ0) is 16.4. The number of anilines is 1. The summed E-state index contributed by atoms with van der Waals surface area (Å²) in [7, 11) is 0. The quantitative estimate of drug-likeness (QED) is 0.768. The Hall–Kier alpha value is -2.89. The largest absolute Gasteiger partial charge is 0.448 e. The van der Waals surface area contributed by atoms with Gasteiger partial charge in [0.15, 0.2) is 5.76 Å². The van der Waals surface area contributed by atoms with Crippen LogP contribution in [0.25, 0.3) is 11.0 Å². The van der Waals surface area contributed by atoms with Crippen molar-refractivity contribution in [2.75, 3.05) is 24.7 Å². The summed E-state index contributed by atoms with van der Waals surface area (Å²) >= 11 is 0. The van der Waals surface area contributed by atoms with Gasteiger partial charge >= 0.3 is 6.03 Å². The molecule has 8 nitrogen and oxygen atoms in total. The number of amides is 3. The Labute approximate surface area is 131 Å². The van der Waals surface area contributed by atoms with Gasteiger partial charge in [-0.1, -0.05) is 5.92 Å². The molecule has 0 unspecified atom stereocenters. The lowest BCUT2D eigenvalue weighted by Crippen LogP contribution is -2.53. The van der Waals surface area contributed by atoms with Crippen molar-refractivity contribution in [2.45, 2.75) is 6.42 Å². The SMILES string of the molecule is NCC#Cc1cc2c(N3CCC(=O)N(CO)C3=O)nccc2o1. The van der Waals surface area contributed by atoms with Crippen LogP contribution in [0.15, 0.2) is 22.7 Å². The minimum absolute atomic E-state index is 0.113. The number of aromatic nitrogens is 1. The van der Waals surface area contributed by atoms with Gasteiger partial charge in [-0.3, -0.25) is 9.69 Å². The molecule has 3 amide bonds. The summed E-state index contributed by atoms with van der Waals surface area (Å²) < 4.78 is 5.57. The number of nitrogens with two attached hydrogens (primary N) is 1. The van der Waals surface area contributed by atoms with Crippen molar-refractivity contribution in [3.05, 3.63) is 24.1 Å². The van der Waals surface area contributed by atoms with E-state index in [-0.39, 0.29) is 19.5 Å². The van der Waals surface area contributed by atoms with E-state index in [9.17, 15) is 14.7 Å². The zero-order valence-electron chi connectivity index (χ0n) is 12.2. The Morgan fingerprint density at radius 2 is 2.26 bits per heavy atom. The van der Waals surface area contributed by atoms with Crippen molar-refractivity contribution >= 4 is 28.7 Å². The molecule has 0 spiro atoms. The molecule has 23 heavy (non-hydrogen) atoms. The number of imide groups is 1. The van der Waals surface area contributed by atoms with Crippen LogP contribution in [0.1, 0.15) is 12.2 Å². The van der Waals surface area contributed by atoms with E-state index in [1.807, 2.05) is 0 Å². The summed E-state index contributed by atoms with van der Waals surface area (Å²) in [6.45, 7) is -0.266. The van der Waals surface area contributed by atoms with Crippen LogP contribution in [-0.4, -0.2) is 46.7 Å². The number of urea groups is 1. The molecule has 2 aromatic rings. The van der Waals surface area contributed by atoms with Crippen molar-refractivity contribution in [3.63, 3.8) is 0 Å². The van der Waals surface area contributed by atoms with E-state index < -0.39 is 18.7 Å². The maximum absolute atomic E-state index is 12.3. The fourth-order valence-corrected chi connectivity index (χ4v) is 2.39. The number of pyridine rings is 1. The van der Waals surface area contributed by atoms with Gasteiger partial charge in [0.1, 0.15) is 18.1 Å². The third-order valence-electron chi connectivity index (χ3n) is 3.45. The molecule has 3 N–H and O–H groups in total. The molecule has 3 heterocycles. The highest BCUT2D eigenvalue weighted by atomic mass is 16.3. The highest BCUT2D eigenvalue weighted by molar-refractivity contribution is 6.08. The van der Waals surface area contributed by atoms with Crippen LogP contribution in [0.2, 0.25) is 0 Å². The van der Waals surface area contributed by atoms with E-state index in [0.717, 1.165) is 4.90 Å². The van der Waals surface area contributed by atoms with E-state index in [1.54, 1.807) is 12.1 Å². The molecule has 0 bridgehead atoms. The van der Waals surface area contributed by atoms with Gasteiger partial charge in [0.2, 0.25) is 5.91 Å². The number of aliphatic hydroxyl groups is 1. The van der Waals surface area contributed by atoms with Crippen LogP contribution in [0.3, 0.4) is 0 Å². The first-order valence-electron chi connectivity index (χ1n) is 6.96. The molecule has 0 aliphatic carbocycles. The maximum atomic E-state index is 12.3. The molecule has 1 aliphatic heterocycles. The van der Waals surface area contributed by atoms with Crippen LogP contribution < -0.4 is 10.6 Å². The number of carbonyl (C=O) groups is 2. The molecule has 3 rings (SSSR count). The highest BCUT2D eigenvalue weighted by Gasteiger charge is 2.34. The van der Waals surface area contributed by atoms with Gasteiger partial charge in [0.05, 0.1) is 11.9 Å². The van der Waals surface area contributed by atoms with Crippen molar-refractivity contribution in [1.29, 1.82) is 0 Å². The first kappa shape index (κ1) is 15.0. The number of hydrogen-bond acceptors (Lipinski definition) is 6. The third-order valence-corrected chi connectivity index (χ3v) is 3.45. The number of nitrogens with zero attached hydrogens (tertiary/aromatic N) is 3. The smallest absolute Gasteiger partial charge is 0.334 e. The van der Waals surface area contributed by atoms with E-state index in [1.165, 1.54) is 11.1 Å². The van der Waals surface area contributed by atoms with Crippen LogP contribution >= 0.6 is 0 Å². The zero-order valence-corrected chi connectivity index (χ0v) is 12.2. The number of hydrogen-bond donors (Lipinski definition) is 2. The Kier molecular flexibility index (Phi) is 3.97. The summed E-state index contributed by atoms with van der Waals surface area (Å²) in [5.41, 5.74) is 5.86. The van der Waals surface area contributed by atoms with Crippen molar-refractivity contribution < 1.29 is 19.1 Å². The minimum atomic E-state index is -0.664. The number of rotatable bonds is 2. The summed E-state index contributed by atoms with van der Waals surface area (Å²) in [5.74, 6) is 5.84. The molecule has 0 radical (unpaired) electrons. The molecule has 2 aromatic heterocycles. The molecular weight excluding hydrogens is 300 g/mol. The van der Waals surface area contributed by atoms with Gasteiger partial charge in [0, 0.05) is 25.2 Å². The van der Waals surface area contributed by atoms with Gasteiger partial charge in [0.25, 0.3) is 0 Å². The monoisotopic (exact) mass is 314 g/mol. The summed E-state index contributed by atoms with van der Waals surface area (Å²) in [5, 5.41) is 9.81. The van der Waals surface area contributed by atoms with Crippen molar-refractivity contribution in [2.24, 2.45) is 5.73 Å². The molecule has 0 saturated carbocycles. The van der Waals surface area contributed by atoms with Gasteiger partial charge < -0.3 is 15.3 Å². The Bertz CT molecular complexity index is 833. The topological polar surface area (TPSA) is 113 Å². The van der Waals surface area contributed by atoms with Crippen molar-refractivity contribution in [1.82, 2.24) is 9.88 Å². The second-order valence-electron chi connectivity index (χ2n) is 4.81. The Morgan fingerprint density at radius 1 is 1.43 bits per heavy atom. The van der Waals surface area contributed by atoms with Crippen LogP contribution in [0.5, 0.6) is 0 Å². The standard InChI is InChI=1S/C15H14N4O4/c16-5-1-2-10-8-11-12(23-10)3-6-17-14(11)18-7-4-13(21)19(9-20)15(18)22/h3,6,8,20H,4-5,7,9,16H2. The fourth-order valence-electron chi connectivity index (χ4n) is 2.39. The third kappa shape index (κ3) is 2.63. The number of fused-ring (bicyclic) bond motifs is 1. The fraction of sp³-hybridized carbons (Fsp3) is 0.267. The maximum Gasteiger partial charge on any atom is 0.334 e. The van der Waals surface area contributed by atoms with Gasteiger partial charge in [-0.25, -0.2) is 14.7 Å². The molecule has 8 heteroatoms. The predicted octanol–water partition coefficient (Wildman–Crippen LogP) is 0.246.